The van der Waals surface area contributed by atoms with Crippen molar-refractivity contribution in [2.24, 2.45) is 5.92 Å². The number of rotatable bonds is 3. The Labute approximate surface area is 193 Å². The molecule has 1 N–H and O–H groups in total. The maximum atomic E-state index is 13.4. The van der Waals surface area contributed by atoms with Crippen molar-refractivity contribution in [1.29, 1.82) is 0 Å². The number of thioether (sulfide) groups is 1. The average molecular weight is 483 g/mol. The molecule has 9 heteroatoms. The standard InChI is InChI=1S/C23H22ClF3N2O2S/c1-31-22(13-3-5-14(24)6-4-13)8-7-15-16-11-28-12-17(20(30)23(25,26)27)18(16)29-9-2-10-32-21(22)19(15)29/h2-6,10,17-18,28H,7-9,11-12H2,1H3. The van der Waals surface area contributed by atoms with E-state index in [1.165, 1.54) is 0 Å². The number of ether oxygens (including phenoxy) is 1. The zero-order valence-corrected chi connectivity index (χ0v) is 18.9. The molecule has 4 nitrogen and oxygen atoms in total. The minimum absolute atomic E-state index is 0.0162. The Kier molecular flexibility index (Phi) is 5.47. The number of carbonyl (C=O) groups is 1. The molecule has 32 heavy (non-hydrogen) atoms. The predicted molar refractivity (Wildman–Crippen MR) is 118 cm³/mol. The first-order valence-corrected chi connectivity index (χ1v) is 11.7. The van der Waals surface area contributed by atoms with Gasteiger partial charge in [-0.05, 0) is 47.1 Å². The summed E-state index contributed by atoms with van der Waals surface area (Å²) in [5, 5.41) is 5.65. The molecule has 0 radical (unpaired) electrons. The highest BCUT2D eigenvalue weighted by Gasteiger charge is 2.55. The quantitative estimate of drug-likeness (QED) is 0.671. The number of allylic oxidation sites excluding steroid dienone is 1. The van der Waals surface area contributed by atoms with Crippen LogP contribution in [0.25, 0.3) is 0 Å². The van der Waals surface area contributed by atoms with Gasteiger partial charge in [0.2, 0.25) is 5.78 Å². The molecule has 3 aliphatic heterocycles. The van der Waals surface area contributed by atoms with E-state index in [4.69, 9.17) is 16.3 Å². The Morgan fingerprint density at radius 1 is 1.31 bits per heavy atom. The molecule has 0 amide bonds. The lowest BCUT2D eigenvalue weighted by Gasteiger charge is -2.42. The van der Waals surface area contributed by atoms with Crippen LogP contribution in [0.4, 0.5) is 13.2 Å². The van der Waals surface area contributed by atoms with E-state index in [0.29, 0.717) is 31.0 Å². The summed E-state index contributed by atoms with van der Waals surface area (Å²) in [4.78, 5) is 15.3. The number of hydrogen-bond acceptors (Lipinski definition) is 5. The molecule has 3 unspecified atom stereocenters. The summed E-state index contributed by atoms with van der Waals surface area (Å²) in [7, 11) is 1.67. The van der Waals surface area contributed by atoms with Crippen LogP contribution in [0.15, 0.2) is 57.5 Å². The maximum Gasteiger partial charge on any atom is 0.450 e. The second kappa shape index (κ2) is 7.94. The van der Waals surface area contributed by atoms with Crippen molar-refractivity contribution in [3.8, 4) is 0 Å². The number of ketones is 1. The number of nitrogens with one attached hydrogen (secondary N) is 1. The Hall–Kier alpha value is -1.74. The SMILES string of the molecule is COC1(c2ccc(Cl)cc2)CCC2=C3CNCC(C(=O)C(F)(F)F)C3N3CC=CSC1=C23. The first-order valence-electron chi connectivity index (χ1n) is 10.5. The van der Waals surface area contributed by atoms with Gasteiger partial charge in [0.25, 0.3) is 0 Å². The number of alkyl halides is 3. The van der Waals surface area contributed by atoms with Gasteiger partial charge in [-0.3, -0.25) is 4.79 Å². The van der Waals surface area contributed by atoms with Gasteiger partial charge in [0.05, 0.1) is 17.7 Å². The Morgan fingerprint density at radius 2 is 2.06 bits per heavy atom. The Balaban J connectivity index is 1.68. The van der Waals surface area contributed by atoms with E-state index in [2.05, 4.69) is 5.32 Å². The lowest BCUT2D eigenvalue weighted by Crippen LogP contribution is -2.53. The molecule has 3 atom stereocenters. The summed E-state index contributed by atoms with van der Waals surface area (Å²) in [5.41, 5.74) is 3.10. The van der Waals surface area contributed by atoms with E-state index in [-0.39, 0.29) is 6.54 Å². The molecule has 1 aromatic rings. The van der Waals surface area contributed by atoms with Crippen LogP contribution in [0.3, 0.4) is 0 Å². The molecule has 4 aliphatic rings. The fourth-order valence-electron chi connectivity index (χ4n) is 5.51. The van der Waals surface area contributed by atoms with Crippen LogP contribution in [0.5, 0.6) is 0 Å². The van der Waals surface area contributed by atoms with Gasteiger partial charge < -0.3 is 15.0 Å². The van der Waals surface area contributed by atoms with E-state index in [1.807, 2.05) is 40.6 Å². The summed E-state index contributed by atoms with van der Waals surface area (Å²) < 4.78 is 46.4. The predicted octanol–water partition coefficient (Wildman–Crippen LogP) is 4.78. The number of nitrogens with zero attached hydrogens (tertiary/aromatic N) is 1. The molecule has 1 saturated heterocycles. The third kappa shape index (κ3) is 3.26. The number of hydrogen-bond donors (Lipinski definition) is 1. The third-order valence-electron chi connectivity index (χ3n) is 6.88. The number of Topliss-reactive ketones (excluding diaryl/α,β-unsaturated/α-hetero) is 1. The van der Waals surface area contributed by atoms with Gasteiger partial charge in [-0.2, -0.15) is 13.2 Å². The molecule has 1 aromatic carbocycles. The Morgan fingerprint density at radius 3 is 2.75 bits per heavy atom. The molecule has 5 rings (SSSR count). The summed E-state index contributed by atoms with van der Waals surface area (Å²) >= 11 is 7.65. The average Bonchev–Trinajstić information content (AvgIpc) is 2.93. The minimum atomic E-state index is -4.86. The number of methoxy groups -OCH3 is 1. The smallest absolute Gasteiger partial charge is 0.368 e. The molecule has 3 heterocycles. The van der Waals surface area contributed by atoms with Crippen LogP contribution in [-0.2, 0) is 15.1 Å². The highest BCUT2D eigenvalue weighted by molar-refractivity contribution is 8.05. The van der Waals surface area contributed by atoms with Crippen molar-refractivity contribution >= 4 is 29.1 Å². The van der Waals surface area contributed by atoms with Crippen LogP contribution >= 0.6 is 23.4 Å². The van der Waals surface area contributed by atoms with Crippen LogP contribution in [0, 0.1) is 5.92 Å². The molecular weight excluding hydrogens is 461 g/mol. The van der Waals surface area contributed by atoms with Gasteiger partial charge in [-0.25, -0.2) is 0 Å². The molecule has 0 spiro atoms. The zero-order valence-electron chi connectivity index (χ0n) is 17.3. The first-order chi connectivity index (χ1) is 15.3. The molecule has 170 valence electrons. The Bertz CT molecular complexity index is 1050. The molecule has 0 bridgehead atoms. The summed E-state index contributed by atoms with van der Waals surface area (Å²) in [6.45, 7) is 0.956. The van der Waals surface area contributed by atoms with Crippen molar-refractivity contribution < 1.29 is 22.7 Å². The van der Waals surface area contributed by atoms with Crippen LogP contribution in [0.1, 0.15) is 18.4 Å². The highest BCUT2D eigenvalue weighted by Crippen LogP contribution is 2.57. The normalized spacial score (nSPS) is 29.7. The molecule has 0 saturated carbocycles. The number of benzene rings is 1. The van der Waals surface area contributed by atoms with E-state index < -0.39 is 29.5 Å². The lowest BCUT2D eigenvalue weighted by atomic mass is 9.79. The van der Waals surface area contributed by atoms with E-state index >= 15 is 0 Å². The van der Waals surface area contributed by atoms with Gasteiger partial charge in [0.1, 0.15) is 5.60 Å². The van der Waals surface area contributed by atoms with E-state index in [0.717, 1.165) is 27.3 Å². The van der Waals surface area contributed by atoms with Crippen molar-refractivity contribution in [3.63, 3.8) is 0 Å². The zero-order chi connectivity index (χ0) is 22.7. The number of piperidine rings is 1. The van der Waals surface area contributed by atoms with Crippen molar-refractivity contribution in [2.75, 3.05) is 26.7 Å². The van der Waals surface area contributed by atoms with Crippen molar-refractivity contribution in [2.45, 2.75) is 30.7 Å². The highest BCUT2D eigenvalue weighted by atomic mass is 35.5. The van der Waals surface area contributed by atoms with Crippen LogP contribution in [-0.4, -0.2) is 49.6 Å². The first kappa shape index (κ1) is 22.1. The molecule has 1 aliphatic carbocycles. The van der Waals surface area contributed by atoms with Gasteiger partial charge in [0, 0.05) is 36.7 Å². The maximum absolute atomic E-state index is 13.4. The fraction of sp³-hybridized carbons (Fsp3) is 0.435. The second-order valence-corrected chi connectivity index (χ2v) is 9.76. The largest absolute Gasteiger partial charge is 0.450 e. The molecule has 1 fully saturated rings. The summed E-state index contributed by atoms with van der Waals surface area (Å²) in [6, 6.07) is 6.93. The van der Waals surface area contributed by atoms with Gasteiger partial charge in [-0.1, -0.05) is 41.6 Å². The van der Waals surface area contributed by atoms with Gasteiger partial charge in [-0.15, -0.1) is 0 Å². The fourth-order valence-corrected chi connectivity index (χ4v) is 6.80. The van der Waals surface area contributed by atoms with Crippen molar-refractivity contribution in [1.82, 2.24) is 10.2 Å². The second-order valence-electron chi connectivity index (χ2n) is 8.41. The molecule has 0 aromatic heterocycles. The van der Waals surface area contributed by atoms with Gasteiger partial charge in [0.15, 0.2) is 0 Å². The summed E-state index contributed by atoms with van der Waals surface area (Å²) in [6.07, 6.45) is -1.60. The van der Waals surface area contributed by atoms with Crippen molar-refractivity contribution in [3.05, 3.63) is 68.1 Å². The van der Waals surface area contributed by atoms with Crippen LogP contribution < -0.4 is 5.32 Å². The summed E-state index contributed by atoms with van der Waals surface area (Å²) in [5.74, 6) is -2.83. The minimum Gasteiger partial charge on any atom is -0.368 e. The number of fused-ring (bicyclic) bond motifs is 2. The van der Waals surface area contributed by atoms with E-state index in [9.17, 15) is 18.0 Å². The third-order valence-corrected chi connectivity index (χ3v) is 8.22. The van der Waals surface area contributed by atoms with Crippen LogP contribution in [0.2, 0.25) is 5.02 Å². The monoisotopic (exact) mass is 482 g/mol. The molecular formula is C23H22ClF3N2O2S. The van der Waals surface area contributed by atoms with Gasteiger partial charge >= 0.3 is 6.18 Å². The number of carbonyl (C=O) groups excluding carboxylic acids is 1. The van der Waals surface area contributed by atoms with E-state index in [1.54, 1.807) is 18.9 Å². The number of halogens is 4. The lowest BCUT2D eigenvalue weighted by molar-refractivity contribution is -0.177. The topological polar surface area (TPSA) is 41.6 Å².